The van der Waals surface area contributed by atoms with Crippen molar-refractivity contribution >= 4 is 11.6 Å². The molecule has 0 radical (unpaired) electrons. The number of aromatic nitrogens is 1. The lowest BCUT2D eigenvalue weighted by atomic mass is 10.2. The third-order valence-electron chi connectivity index (χ3n) is 2.85. The highest BCUT2D eigenvalue weighted by molar-refractivity contribution is 5.99. The van der Waals surface area contributed by atoms with E-state index in [1.54, 1.807) is 18.5 Å². The number of carbonyl (C=O) groups excluding carboxylic acids is 1. The van der Waals surface area contributed by atoms with Gasteiger partial charge in [-0.05, 0) is 31.5 Å². The maximum atomic E-state index is 12.2. The summed E-state index contributed by atoms with van der Waals surface area (Å²) >= 11 is 0. The van der Waals surface area contributed by atoms with Gasteiger partial charge >= 0.3 is 0 Å². The molecule has 20 heavy (non-hydrogen) atoms. The summed E-state index contributed by atoms with van der Waals surface area (Å²) in [5.74, 6) is 0.564. The summed E-state index contributed by atoms with van der Waals surface area (Å²) in [5.41, 5.74) is 2.25. The van der Waals surface area contributed by atoms with Gasteiger partial charge < -0.3 is 15.1 Å². The molecule has 2 N–H and O–H groups in total. The zero-order chi connectivity index (χ0) is 14.4. The van der Waals surface area contributed by atoms with E-state index in [1.165, 1.54) is 0 Å². The van der Waals surface area contributed by atoms with Crippen molar-refractivity contribution in [2.45, 2.75) is 26.8 Å². The first-order chi connectivity index (χ1) is 9.70. The van der Waals surface area contributed by atoms with Crippen molar-refractivity contribution in [3.63, 3.8) is 0 Å². The number of nitrogens with one attached hydrogen (secondary N) is 2. The van der Waals surface area contributed by atoms with Crippen LogP contribution in [0.1, 0.15) is 35.2 Å². The summed E-state index contributed by atoms with van der Waals surface area (Å²) in [6.45, 7) is 5.17. The number of hydrogen-bond acceptors (Lipinski definition) is 4. The topological polar surface area (TPSA) is 67.2 Å². The van der Waals surface area contributed by atoms with Gasteiger partial charge in [0, 0.05) is 18.4 Å². The number of aryl methyl sites for hydroxylation is 1. The zero-order valence-corrected chi connectivity index (χ0v) is 11.8. The highest BCUT2D eigenvalue weighted by atomic mass is 16.3. The van der Waals surface area contributed by atoms with Gasteiger partial charge in [0.1, 0.15) is 5.76 Å². The molecule has 106 valence electrons. The average molecular weight is 273 g/mol. The molecule has 0 saturated heterocycles. The Balaban J connectivity index is 2.07. The number of anilines is 1. The normalized spacial score (nSPS) is 10.3. The Kier molecular flexibility index (Phi) is 4.76. The van der Waals surface area contributed by atoms with E-state index < -0.39 is 0 Å². The first kappa shape index (κ1) is 14.1. The van der Waals surface area contributed by atoms with Crippen LogP contribution in [0.5, 0.6) is 0 Å². The molecule has 0 fully saturated rings. The van der Waals surface area contributed by atoms with Crippen molar-refractivity contribution in [2.24, 2.45) is 0 Å². The van der Waals surface area contributed by atoms with Crippen molar-refractivity contribution in [3.8, 4) is 0 Å². The number of carbonyl (C=O) groups is 1. The number of pyridine rings is 1. The van der Waals surface area contributed by atoms with Crippen LogP contribution in [0.15, 0.2) is 35.1 Å². The molecule has 2 heterocycles. The predicted molar refractivity (Wildman–Crippen MR) is 77.6 cm³/mol. The summed E-state index contributed by atoms with van der Waals surface area (Å²) in [4.78, 5) is 16.4. The van der Waals surface area contributed by atoms with Gasteiger partial charge in [0.05, 0.1) is 24.1 Å². The fourth-order valence-corrected chi connectivity index (χ4v) is 1.82. The molecule has 0 aliphatic rings. The maximum Gasteiger partial charge on any atom is 0.255 e. The van der Waals surface area contributed by atoms with Gasteiger partial charge in [-0.1, -0.05) is 6.92 Å². The molecule has 0 aliphatic carbocycles. The van der Waals surface area contributed by atoms with Crippen LogP contribution in [0, 0.1) is 6.92 Å². The van der Waals surface area contributed by atoms with E-state index in [0.29, 0.717) is 12.1 Å². The SMILES string of the molecule is CCCNc1cc(C)ncc1C(=O)NCc1ccco1. The number of furan rings is 1. The molecular weight excluding hydrogens is 254 g/mol. The summed E-state index contributed by atoms with van der Waals surface area (Å²) in [5, 5.41) is 6.08. The van der Waals surface area contributed by atoms with Crippen molar-refractivity contribution in [3.05, 3.63) is 47.7 Å². The zero-order valence-electron chi connectivity index (χ0n) is 11.8. The van der Waals surface area contributed by atoms with Crippen LogP contribution in [0.25, 0.3) is 0 Å². The molecule has 5 heteroatoms. The van der Waals surface area contributed by atoms with Crippen LogP contribution in [-0.2, 0) is 6.54 Å². The summed E-state index contributed by atoms with van der Waals surface area (Å²) in [6, 6.07) is 5.50. The molecule has 2 rings (SSSR count). The molecule has 2 aromatic heterocycles. The van der Waals surface area contributed by atoms with E-state index in [4.69, 9.17) is 4.42 Å². The number of rotatable bonds is 6. The molecule has 0 atom stereocenters. The molecular formula is C15H19N3O2. The van der Waals surface area contributed by atoms with Gasteiger partial charge in [0.25, 0.3) is 5.91 Å². The second-order valence-electron chi connectivity index (χ2n) is 4.56. The summed E-state index contributed by atoms with van der Waals surface area (Å²) in [7, 11) is 0. The Bertz CT molecular complexity index is 565. The quantitative estimate of drug-likeness (QED) is 0.849. The molecule has 0 bridgehead atoms. The second kappa shape index (κ2) is 6.75. The van der Waals surface area contributed by atoms with Gasteiger partial charge in [0.2, 0.25) is 0 Å². The average Bonchev–Trinajstić information content (AvgIpc) is 2.96. The third-order valence-corrected chi connectivity index (χ3v) is 2.85. The van der Waals surface area contributed by atoms with Gasteiger partial charge in [0.15, 0.2) is 0 Å². The van der Waals surface area contributed by atoms with Crippen LogP contribution in [0.4, 0.5) is 5.69 Å². The third kappa shape index (κ3) is 3.60. The summed E-state index contributed by atoms with van der Waals surface area (Å²) < 4.78 is 5.19. The molecule has 0 unspecified atom stereocenters. The van der Waals surface area contributed by atoms with E-state index in [2.05, 4.69) is 22.5 Å². The lowest BCUT2D eigenvalue weighted by Crippen LogP contribution is -2.24. The fourth-order valence-electron chi connectivity index (χ4n) is 1.82. The van der Waals surface area contributed by atoms with Gasteiger partial charge in [-0.3, -0.25) is 9.78 Å². The molecule has 0 spiro atoms. The monoisotopic (exact) mass is 273 g/mol. The van der Waals surface area contributed by atoms with Crippen LogP contribution in [0.2, 0.25) is 0 Å². The molecule has 0 saturated carbocycles. The molecule has 1 amide bonds. The van der Waals surface area contributed by atoms with Crippen LogP contribution in [-0.4, -0.2) is 17.4 Å². The minimum absolute atomic E-state index is 0.160. The van der Waals surface area contributed by atoms with Gasteiger partial charge in [-0.15, -0.1) is 0 Å². The van der Waals surface area contributed by atoms with E-state index in [0.717, 1.165) is 30.1 Å². The van der Waals surface area contributed by atoms with Crippen molar-refractivity contribution in [2.75, 3.05) is 11.9 Å². The first-order valence-corrected chi connectivity index (χ1v) is 6.71. The molecule has 0 aromatic carbocycles. The second-order valence-corrected chi connectivity index (χ2v) is 4.56. The van der Waals surface area contributed by atoms with E-state index in [9.17, 15) is 4.79 Å². The van der Waals surface area contributed by atoms with Crippen molar-refractivity contribution in [1.29, 1.82) is 0 Å². The lowest BCUT2D eigenvalue weighted by molar-refractivity contribution is 0.0948. The van der Waals surface area contributed by atoms with E-state index >= 15 is 0 Å². The van der Waals surface area contributed by atoms with Crippen molar-refractivity contribution in [1.82, 2.24) is 10.3 Å². The van der Waals surface area contributed by atoms with Crippen LogP contribution in [0.3, 0.4) is 0 Å². The largest absolute Gasteiger partial charge is 0.467 e. The van der Waals surface area contributed by atoms with Crippen LogP contribution >= 0.6 is 0 Å². The Hall–Kier alpha value is -2.30. The number of hydrogen-bond donors (Lipinski definition) is 2. The Morgan fingerprint density at radius 2 is 2.30 bits per heavy atom. The van der Waals surface area contributed by atoms with Crippen molar-refractivity contribution < 1.29 is 9.21 Å². The highest BCUT2D eigenvalue weighted by Gasteiger charge is 2.12. The fraction of sp³-hybridized carbons (Fsp3) is 0.333. The lowest BCUT2D eigenvalue weighted by Gasteiger charge is -2.11. The highest BCUT2D eigenvalue weighted by Crippen LogP contribution is 2.16. The number of nitrogens with zero attached hydrogens (tertiary/aromatic N) is 1. The van der Waals surface area contributed by atoms with E-state index in [1.807, 2.05) is 19.1 Å². The molecule has 5 nitrogen and oxygen atoms in total. The van der Waals surface area contributed by atoms with Crippen LogP contribution < -0.4 is 10.6 Å². The minimum Gasteiger partial charge on any atom is -0.467 e. The minimum atomic E-state index is -0.160. The molecule has 2 aromatic rings. The predicted octanol–water partition coefficient (Wildman–Crippen LogP) is 2.73. The van der Waals surface area contributed by atoms with Gasteiger partial charge in [-0.2, -0.15) is 0 Å². The van der Waals surface area contributed by atoms with E-state index in [-0.39, 0.29) is 5.91 Å². The Labute approximate surface area is 118 Å². The number of amides is 1. The Morgan fingerprint density at radius 3 is 3.00 bits per heavy atom. The van der Waals surface area contributed by atoms with Gasteiger partial charge in [-0.25, -0.2) is 0 Å². The Morgan fingerprint density at radius 1 is 1.45 bits per heavy atom. The standard InChI is InChI=1S/C15H19N3O2/c1-3-6-16-14-8-11(2)17-10-13(14)15(19)18-9-12-5-4-7-20-12/h4-5,7-8,10H,3,6,9H2,1-2H3,(H,16,17)(H,18,19). The summed E-state index contributed by atoms with van der Waals surface area (Å²) in [6.07, 6.45) is 4.18. The maximum absolute atomic E-state index is 12.2. The first-order valence-electron chi connectivity index (χ1n) is 6.71. The smallest absolute Gasteiger partial charge is 0.255 e. The molecule has 0 aliphatic heterocycles.